The first-order valence-electron chi connectivity index (χ1n) is 6.83. The summed E-state index contributed by atoms with van der Waals surface area (Å²) in [5.74, 6) is -1.75. The van der Waals surface area contributed by atoms with Crippen molar-refractivity contribution in [2.24, 2.45) is 0 Å². The van der Waals surface area contributed by atoms with Gasteiger partial charge in [0.05, 0.1) is 7.11 Å². The van der Waals surface area contributed by atoms with E-state index in [9.17, 15) is 18.0 Å². The van der Waals surface area contributed by atoms with Gasteiger partial charge in [0.1, 0.15) is 11.5 Å². The van der Waals surface area contributed by atoms with E-state index in [0.29, 0.717) is 23.0 Å². The second-order valence-corrected chi connectivity index (χ2v) is 6.31. The van der Waals surface area contributed by atoms with Crippen LogP contribution in [0, 0.1) is 0 Å². The Bertz CT molecular complexity index is 671. The number of alkyl halides is 3. The molecule has 1 aliphatic rings. The summed E-state index contributed by atoms with van der Waals surface area (Å²) in [6.45, 7) is 5.60. The van der Waals surface area contributed by atoms with E-state index in [4.69, 9.17) is 14.6 Å². The van der Waals surface area contributed by atoms with Crippen molar-refractivity contribution in [3.05, 3.63) is 29.3 Å². The zero-order chi connectivity index (χ0) is 17.6. The summed E-state index contributed by atoms with van der Waals surface area (Å²) in [7, 11) is 1.46. The van der Waals surface area contributed by atoms with Crippen LogP contribution in [0.4, 0.5) is 13.2 Å². The summed E-state index contributed by atoms with van der Waals surface area (Å²) in [6.07, 6.45) is -3.49. The van der Waals surface area contributed by atoms with Gasteiger partial charge < -0.3 is 14.6 Å². The fourth-order valence-electron chi connectivity index (χ4n) is 2.35. The van der Waals surface area contributed by atoms with Crippen molar-refractivity contribution in [1.82, 2.24) is 0 Å². The number of carboxylic acids is 1. The van der Waals surface area contributed by atoms with Crippen LogP contribution in [0.1, 0.15) is 31.9 Å². The highest BCUT2D eigenvalue weighted by Crippen LogP contribution is 2.45. The van der Waals surface area contributed by atoms with Crippen LogP contribution in [0.25, 0.3) is 6.08 Å². The largest absolute Gasteiger partial charge is 0.496 e. The molecular formula is C16H17F3O4. The quantitative estimate of drug-likeness (QED) is 0.896. The molecule has 1 N–H and O–H groups in total. The number of methoxy groups -OCH3 is 1. The predicted octanol–water partition coefficient (Wildman–Crippen LogP) is 3.78. The zero-order valence-electron chi connectivity index (χ0n) is 13.1. The zero-order valence-corrected chi connectivity index (χ0v) is 13.1. The van der Waals surface area contributed by atoms with E-state index in [0.717, 1.165) is 6.08 Å². The third-order valence-corrected chi connectivity index (χ3v) is 3.65. The standard InChI is InChI=1S/C16H17F3O4/c1-14(2,3)10-8-11-9(7-12(10)22-4)5-6-15(23-11,13(20)21)16(17,18)19/h5-8H,1-4H3,(H,20,21). The predicted molar refractivity (Wildman–Crippen MR) is 77.8 cm³/mol. The molecule has 0 aliphatic carbocycles. The van der Waals surface area contributed by atoms with Gasteiger partial charge in [-0.05, 0) is 23.6 Å². The summed E-state index contributed by atoms with van der Waals surface area (Å²) in [5.41, 5.74) is -2.86. The Morgan fingerprint density at radius 2 is 1.87 bits per heavy atom. The van der Waals surface area contributed by atoms with Crippen molar-refractivity contribution >= 4 is 12.0 Å². The smallest absolute Gasteiger partial charge is 0.443 e. The van der Waals surface area contributed by atoms with E-state index in [1.807, 2.05) is 20.8 Å². The maximum absolute atomic E-state index is 13.2. The second-order valence-electron chi connectivity index (χ2n) is 6.31. The third-order valence-electron chi connectivity index (χ3n) is 3.65. The first-order chi connectivity index (χ1) is 10.4. The number of carboxylic acid groups (broad SMARTS) is 1. The van der Waals surface area contributed by atoms with Gasteiger partial charge in [0.15, 0.2) is 0 Å². The Morgan fingerprint density at radius 3 is 2.30 bits per heavy atom. The highest BCUT2D eigenvalue weighted by molar-refractivity contribution is 5.85. The van der Waals surface area contributed by atoms with Crippen LogP contribution in [0.3, 0.4) is 0 Å². The molecule has 0 spiro atoms. The highest BCUT2D eigenvalue weighted by Gasteiger charge is 2.63. The minimum atomic E-state index is -5.09. The minimum absolute atomic E-state index is 0.141. The lowest BCUT2D eigenvalue weighted by molar-refractivity contribution is -0.235. The number of halogens is 3. The Kier molecular flexibility index (Phi) is 3.87. The average Bonchev–Trinajstić information content (AvgIpc) is 2.42. The number of aliphatic carboxylic acids is 1. The SMILES string of the molecule is COc1cc2c(cc1C(C)(C)C)OC(C(=O)O)(C(F)(F)F)C=C2. The van der Waals surface area contributed by atoms with Gasteiger partial charge in [0, 0.05) is 11.1 Å². The molecule has 0 radical (unpaired) electrons. The lowest BCUT2D eigenvalue weighted by Gasteiger charge is -2.34. The number of hydrogen-bond donors (Lipinski definition) is 1. The van der Waals surface area contributed by atoms with Crippen LogP contribution in [0.15, 0.2) is 18.2 Å². The van der Waals surface area contributed by atoms with Crippen molar-refractivity contribution in [2.45, 2.75) is 38.0 Å². The van der Waals surface area contributed by atoms with Crippen molar-refractivity contribution in [3.8, 4) is 11.5 Å². The molecule has 1 aromatic rings. The van der Waals surface area contributed by atoms with Crippen molar-refractivity contribution in [3.63, 3.8) is 0 Å². The van der Waals surface area contributed by atoms with Gasteiger partial charge in [-0.1, -0.05) is 26.8 Å². The number of ether oxygens (including phenoxy) is 2. The maximum atomic E-state index is 13.2. The molecule has 4 nitrogen and oxygen atoms in total. The Morgan fingerprint density at radius 1 is 1.26 bits per heavy atom. The lowest BCUT2D eigenvalue weighted by Crippen LogP contribution is -2.56. The number of fused-ring (bicyclic) bond motifs is 1. The van der Waals surface area contributed by atoms with Gasteiger partial charge in [-0.2, -0.15) is 13.2 Å². The van der Waals surface area contributed by atoms with Gasteiger partial charge in [-0.3, -0.25) is 0 Å². The molecule has 1 aliphatic heterocycles. The summed E-state index contributed by atoms with van der Waals surface area (Å²) in [4.78, 5) is 11.2. The van der Waals surface area contributed by atoms with Gasteiger partial charge >= 0.3 is 17.7 Å². The van der Waals surface area contributed by atoms with Crippen LogP contribution in [0.5, 0.6) is 11.5 Å². The van der Waals surface area contributed by atoms with Crippen molar-refractivity contribution in [2.75, 3.05) is 7.11 Å². The molecular weight excluding hydrogens is 313 g/mol. The van der Waals surface area contributed by atoms with Crippen LogP contribution >= 0.6 is 0 Å². The first-order valence-corrected chi connectivity index (χ1v) is 6.83. The molecule has 1 atom stereocenters. The molecule has 126 valence electrons. The van der Waals surface area contributed by atoms with Gasteiger partial charge in [-0.25, -0.2) is 4.79 Å². The summed E-state index contributed by atoms with van der Waals surface area (Å²) >= 11 is 0. The summed E-state index contributed by atoms with van der Waals surface area (Å²) in [5, 5.41) is 9.06. The third kappa shape index (κ3) is 2.75. The molecule has 7 heteroatoms. The Labute approximate surface area is 131 Å². The molecule has 23 heavy (non-hydrogen) atoms. The molecule has 1 heterocycles. The Balaban J connectivity index is 2.64. The second kappa shape index (κ2) is 5.18. The molecule has 0 saturated carbocycles. The van der Waals surface area contributed by atoms with Gasteiger partial charge in [-0.15, -0.1) is 0 Å². The van der Waals surface area contributed by atoms with Crippen LogP contribution in [0.2, 0.25) is 0 Å². The maximum Gasteiger partial charge on any atom is 0.443 e. The number of benzene rings is 1. The van der Waals surface area contributed by atoms with E-state index in [1.165, 1.54) is 19.2 Å². The number of rotatable bonds is 2. The lowest BCUT2D eigenvalue weighted by atomic mass is 9.84. The first kappa shape index (κ1) is 17.2. The highest BCUT2D eigenvalue weighted by atomic mass is 19.4. The van der Waals surface area contributed by atoms with Gasteiger partial charge in [0.25, 0.3) is 0 Å². The minimum Gasteiger partial charge on any atom is -0.496 e. The van der Waals surface area contributed by atoms with E-state index in [2.05, 4.69) is 0 Å². The van der Waals surface area contributed by atoms with Crippen molar-refractivity contribution < 1.29 is 32.5 Å². The topological polar surface area (TPSA) is 55.8 Å². The molecule has 1 aromatic carbocycles. The van der Waals surface area contributed by atoms with E-state index in [-0.39, 0.29) is 5.75 Å². The molecule has 0 saturated heterocycles. The van der Waals surface area contributed by atoms with Crippen molar-refractivity contribution in [1.29, 1.82) is 0 Å². The monoisotopic (exact) mass is 330 g/mol. The number of hydrogen-bond acceptors (Lipinski definition) is 3. The van der Waals surface area contributed by atoms with Gasteiger partial charge in [0.2, 0.25) is 0 Å². The molecule has 0 fully saturated rings. The van der Waals surface area contributed by atoms with Crippen LogP contribution in [-0.4, -0.2) is 30.0 Å². The fourth-order valence-corrected chi connectivity index (χ4v) is 2.35. The fraction of sp³-hybridized carbons (Fsp3) is 0.438. The number of carbonyl (C=O) groups is 1. The van der Waals surface area contributed by atoms with Crippen LogP contribution < -0.4 is 9.47 Å². The summed E-state index contributed by atoms with van der Waals surface area (Å²) in [6, 6.07) is 2.94. The molecule has 2 rings (SSSR count). The normalized spacial score (nSPS) is 20.7. The van der Waals surface area contributed by atoms with E-state index >= 15 is 0 Å². The van der Waals surface area contributed by atoms with Crippen LogP contribution in [-0.2, 0) is 10.2 Å². The molecule has 1 unspecified atom stereocenters. The summed E-state index contributed by atoms with van der Waals surface area (Å²) < 4.78 is 49.9. The molecule has 0 bridgehead atoms. The average molecular weight is 330 g/mol. The molecule has 0 amide bonds. The van der Waals surface area contributed by atoms with E-state index in [1.54, 1.807) is 0 Å². The Hall–Kier alpha value is -2.18. The van der Waals surface area contributed by atoms with E-state index < -0.39 is 23.2 Å². The molecule has 0 aromatic heterocycles.